The van der Waals surface area contributed by atoms with E-state index in [4.69, 9.17) is 19.9 Å². The first kappa shape index (κ1) is 48.3. The molecule has 6 aromatic heterocycles. The van der Waals surface area contributed by atoms with Crippen LogP contribution in [0.4, 0.5) is 0 Å². The molecule has 0 N–H and O–H groups in total. The Kier molecular flexibility index (Phi) is 12.4. The van der Waals surface area contributed by atoms with E-state index in [0.717, 1.165) is 66.0 Å². The average molecular weight is 1360 g/mol. The Hall–Kier alpha value is -7.62. The normalized spacial score (nSPS) is 13.2. The maximum atomic E-state index is 16.6. The molecule has 0 aliphatic rings. The monoisotopic (exact) mass is 1360 g/mol. The third kappa shape index (κ3) is 7.59. The summed E-state index contributed by atoms with van der Waals surface area (Å²) in [5.41, 5.74) is 4.65. The number of rotatable bonds is 9. The van der Waals surface area contributed by atoms with Gasteiger partial charge in [0.15, 0.2) is 0 Å². The minimum Gasteiger partial charge on any atom is -0.328 e. The van der Waals surface area contributed by atoms with Crippen molar-refractivity contribution < 1.29 is 51.3 Å². The van der Waals surface area contributed by atoms with E-state index in [9.17, 15) is 0 Å². The zero-order chi connectivity index (χ0) is 48.7. The fourth-order valence-corrected chi connectivity index (χ4v) is 15.5. The van der Waals surface area contributed by atoms with E-state index < -0.39 is 14.3 Å². The Balaban J connectivity index is 0.00000284. The second-order valence-electron chi connectivity index (χ2n) is 17.8. The van der Waals surface area contributed by atoms with Crippen LogP contribution in [0.1, 0.15) is 0 Å². The van der Waals surface area contributed by atoms with Crippen LogP contribution in [0.3, 0.4) is 0 Å². The van der Waals surface area contributed by atoms with E-state index in [1.54, 1.807) is 30.9 Å². The summed E-state index contributed by atoms with van der Waals surface area (Å²) in [6, 6.07) is 79.5. The standard InChI is InChI=1S/C62H37N7O2P2.2Pt/c70-72(42-16-3-1-4-17-42,44-26-30-50-48-20-7-9-22-54(48)67(56(50)38-44)60-24-11-13-34-63-60)46-28-32-52-53-33-29-47(41-59(53)69(58(52)40-46)62-65-36-15-37-66-62)73(71,43-18-5-2-6-19-43)45-27-31-51-49-21-8-10-23-55(49)68(57(51)39-45)61-25-12-14-35-64-61;;/h1-37H;;/q-4;2*+2. The van der Waals surface area contributed by atoms with Crippen molar-refractivity contribution in [1.29, 1.82) is 0 Å². The molecule has 0 saturated carbocycles. The fourth-order valence-electron chi connectivity index (χ4n) is 10.5. The second kappa shape index (κ2) is 19.3. The molecular formula is C62H37N7O2P2Pt2. The van der Waals surface area contributed by atoms with Gasteiger partial charge in [-0.1, -0.05) is 152 Å². The molecule has 14 aromatic rings. The van der Waals surface area contributed by atoms with Gasteiger partial charge in [-0.05, 0) is 53.2 Å². The van der Waals surface area contributed by atoms with Gasteiger partial charge >= 0.3 is 42.1 Å². The van der Waals surface area contributed by atoms with Crippen LogP contribution in [0.2, 0.25) is 0 Å². The van der Waals surface area contributed by atoms with Gasteiger partial charge in [-0.15, -0.1) is 35.0 Å². The van der Waals surface area contributed by atoms with Crippen LogP contribution >= 0.6 is 14.3 Å². The molecule has 0 spiro atoms. The van der Waals surface area contributed by atoms with Crippen LogP contribution in [-0.2, 0) is 51.3 Å². The Bertz CT molecular complexity index is 4300. The third-order valence-corrected chi connectivity index (χ3v) is 19.6. The first-order chi connectivity index (χ1) is 36.0. The van der Waals surface area contributed by atoms with Crippen LogP contribution in [0.5, 0.6) is 0 Å². The molecule has 9 nitrogen and oxygen atoms in total. The van der Waals surface area contributed by atoms with Gasteiger partial charge in [0.05, 0.1) is 0 Å². The summed E-state index contributed by atoms with van der Waals surface area (Å²) in [5, 5.41) is 8.90. The first-order valence-corrected chi connectivity index (χ1v) is 27.2. The molecule has 0 fully saturated rings. The summed E-state index contributed by atoms with van der Waals surface area (Å²) >= 11 is 0. The Morgan fingerprint density at radius 1 is 0.307 bits per heavy atom. The number of hydrogen-bond acceptors (Lipinski definition) is 6. The molecule has 0 saturated heterocycles. The molecule has 0 amide bonds. The van der Waals surface area contributed by atoms with Gasteiger partial charge in [0.2, 0.25) is 5.95 Å². The van der Waals surface area contributed by atoms with E-state index in [2.05, 4.69) is 57.7 Å². The predicted molar refractivity (Wildman–Crippen MR) is 295 cm³/mol. The minimum atomic E-state index is -3.73. The molecule has 362 valence electrons. The van der Waals surface area contributed by atoms with Gasteiger partial charge in [-0.3, -0.25) is 0 Å². The molecule has 13 heteroatoms. The summed E-state index contributed by atoms with van der Waals surface area (Å²) in [6.45, 7) is 0. The van der Waals surface area contributed by atoms with E-state index in [1.165, 1.54) is 0 Å². The van der Waals surface area contributed by atoms with Crippen molar-refractivity contribution in [1.82, 2.24) is 33.6 Å². The molecule has 8 aromatic carbocycles. The largest absolute Gasteiger partial charge is 2.00 e. The van der Waals surface area contributed by atoms with Crippen molar-refractivity contribution in [2.75, 3.05) is 0 Å². The quantitative estimate of drug-likeness (QED) is 0.105. The van der Waals surface area contributed by atoms with Crippen molar-refractivity contribution in [3.63, 3.8) is 0 Å². The van der Waals surface area contributed by atoms with Crippen molar-refractivity contribution >= 4 is 112 Å². The molecule has 0 aliphatic heterocycles. The number of aromatic nitrogens is 7. The van der Waals surface area contributed by atoms with Crippen LogP contribution in [-0.4, -0.2) is 33.6 Å². The van der Waals surface area contributed by atoms with Crippen LogP contribution < -0.4 is 31.8 Å². The maximum absolute atomic E-state index is 16.6. The van der Waals surface area contributed by atoms with Crippen LogP contribution in [0, 0.1) is 24.3 Å². The van der Waals surface area contributed by atoms with Crippen LogP contribution in [0.25, 0.3) is 83.0 Å². The number of para-hydroxylation sites is 2. The SMILES string of the molecule is O=P(c1[c-]c2c(cc1)c1ccc(P(=O)(c3[c-]c4c(cc3)c3ccccc3n4-c3ccccn3)c3ccccc3)[c-]c1n2-c1ncccn1)(c1[c-]c2c(cc1)c1ccccc1n2-c1ccccn1)c1ccccc1.[Pt+2].[Pt+2]. The predicted octanol–water partition coefficient (Wildman–Crippen LogP) is 11.0. The van der Waals surface area contributed by atoms with E-state index in [-0.39, 0.29) is 42.1 Å². The van der Waals surface area contributed by atoms with E-state index in [0.29, 0.717) is 48.8 Å². The third-order valence-electron chi connectivity index (χ3n) is 13.8. The number of benzene rings is 8. The van der Waals surface area contributed by atoms with Crippen molar-refractivity contribution in [2.24, 2.45) is 0 Å². The molecule has 2 atom stereocenters. The summed E-state index contributed by atoms with van der Waals surface area (Å²) in [5.74, 6) is 1.82. The molecule has 2 unspecified atom stereocenters. The molecule has 6 heterocycles. The van der Waals surface area contributed by atoms with Gasteiger partial charge in [0.25, 0.3) is 0 Å². The number of fused-ring (bicyclic) bond motifs is 9. The summed E-state index contributed by atoms with van der Waals surface area (Å²) in [4.78, 5) is 19.0. The smallest absolute Gasteiger partial charge is 0.328 e. The molecule has 14 rings (SSSR count). The Labute approximate surface area is 459 Å². The van der Waals surface area contributed by atoms with Crippen molar-refractivity contribution in [3.8, 4) is 17.6 Å². The van der Waals surface area contributed by atoms with Gasteiger partial charge in [0, 0.05) is 46.4 Å². The summed E-state index contributed by atoms with van der Waals surface area (Å²) in [6.07, 6.45) is 6.93. The second-order valence-corrected chi connectivity index (χ2v) is 23.2. The first-order valence-electron chi connectivity index (χ1n) is 23.8. The van der Waals surface area contributed by atoms with Crippen LogP contribution in [0.15, 0.2) is 225 Å². The molecule has 0 bridgehead atoms. The van der Waals surface area contributed by atoms with Crippen molar-refractivity contribution in [3.05, 3.63) is 249 Å². The average Bonchev–Trinajstić information content (AvgIpc) is 4.12. The summed E-state index contributed by atoms with van der Waals surface area (Å²) in [7, 11) is -7.47. The van der Waals surface area contributed by atoms with E-state index in [1.807, 2.05) is 174 Å². The Morgan fingerprint density at radius 2 is 0.640 bits per heavy atom. The Morgan fingerprint density at radius 3 is 1.03 bits per heavy atom. The molecule has 0 radical (unpaired) electrons. The molecule has 75 heavy (non-hydrogen) atoms. The minimum absolute atomic E-state index is 0. The van der Waals surface area contributed by atoms with E-state index >= 15 is 9.13 Å². The van der Waals surface area contributed by atoms with Gasteiger partial charge < -0.3 is 22.8 Å². The zero-order valence-electron chi connectivity index (χ0n) is 39.3. The number of hydrogen-bond donors (Lipinski definition) is 0. The van der Waals surface area contributed by atoms with Gasteiger partial charge in [0.1, 0.15) is 25.9 Å². The number of nitrogens with zero attached hydrogens (tertiary/aromatic N) is 7. The fraction of sp³-hybridized carbons (Fsp3) is 0. The molecule has 0 aliphatic carbocycles. The number of pyridine rings is 2. The zero-order valence-corrected chi connectivity index (χ0v) is 45.7. The molecular weight excluding hydrogens is 1330 g/mol. The van der Waals surface area contributed by atoms with Gasteiger partial charge in [-0.25, -0.2) is 19.9 Å². The van der Waals surface area contributed by atoms with Gasteiger partial charge in [-0.2, -0.15) is 59.3 Å². The van der Waals surface area contributed by atoms with Crippen molar-refractivity contribution in [2.45, 2.75) is 0 Å². The maximum Gasteiger partial charge on any atom is 2.00 e. The summed E-state index contributed by atoms with van der Waals surface area (Å²) < 4.78 is 39.3. The topological polar surface area (TPSA) is 100 Å².